The molecule has 5 heteroatoms. The van der Waals surface area contributed by atoms with Gasteiger partial charge >= 0.3 is 0 Å². The molecule has 0 spiro atoms. The van der Waals surface area contributed by atoms with E-state index in [1.807, 2.05) is 0 Å². The average Bonchev–Trinajstić information content (AvgIpc) is 2.01. The summed E-state index contributed by atoms with van der Waals surface area (Å²) in [6.07, 6.45) is 0. The lowest BCUT2D eigenvalue weighted by Gasteiger charge is -2.05. The average molecular weight is 256 g/mol. The molecule has 0 aliphatic carbocycles. The van der Waals surface area contributed by atoms with Gasteiger partial charge in [-0.05, 0) is 28.1 Å². The normalized spacial score (nSPS) is 9.82. The first-order valence-electron chi connectivity index (χ1n) is 2.77. The highest BCUT2D eigenvalue weighted by Gasteiger charge is 2.05. The van der Waals surface area contributed by atoms with Crippen LogP contribution in [0.3, 0.4) is 0 Å². The number of hydrogen-bond donors (Lipinski definition) is 2. The summed E-state index contributed by atoms with van der Waals surface area (Å²) in [6.45, 7) is 0. The molecule has 0 aromatic heterocycles. The number of nitrogens with two attached hydrogens (primary N) is 1. The van der Waals surface area contributed by atoms with Crippen molar-refractivity contribution in [3.63, 3.8) is 0 Å². The predicted molar refractivity (Wildman–Crippen MR) is 52.0 cm³/mol. The Bertz CT molecular complexity index is 278. The van der Waals surface area contributed by atoms with E-state index < -0.39 is 0 Å². The lowest BCUT2D eigenvalue weighted by Crippen LogP contribution is -2.07. The zero-order chi connectivity index (χ0) is 8.43. The second-order valence-corrected chi connectivity index (χ2v) is 3.45. The molecular weight excluding hydrogens is 251 g/mol. The van der Waals surface area contributed by atoms with E-state index in [-0.39, 0.29) is 0 Å². The molecule has 0 fully saturated rings. The molecule has 0 atom stereocenters. The van der Waals surface area contributed by atoms with Crippen LogP contribution in [-0.4, -0.2) is 0 Å². The smallest absolute Gasteiger partial charge is 0.0755 e. The minimum absolute atomic E-state index is 0.460. The minimum Gasteiger partial charge on any atom is -0.323 e. The zero-order valence-electron chi connectivity index (χ0n) is 5.37. The summed E-state index contributed by atoms with van der Waals surface area (Å²) >= 11 is 14.7. The highest BCUT2D eigenvalue weighted by atomic mass is 79.9. The monoisotopic (exact) mass is 254 g/mol. The van der Waals surface area contributed by atoms with Crippen LogP contribution >= 0.6 is 39.1 Å². The van der Waals surface area contributed by atoms with Gasteiger partial charge in [0.2, 0.25) is 0 Å². The van der Waals surface area contributed by atoms with Gasteiger partial charge < -0.3 is 5.43 Å². The summed E-state index contributed by atoms with van der Waals surface area (Å²) in [4.78, 5) is 0. The third-order valence-electron chi connectivity index (χ3n) is 1.19. The summed E-state index contributed by atoms with van der Waals surface area (Å²) in [5.41, 5.74) is 3.18. The second kappa shape index (κ2) is 3.63. The Kier molecular flexibility index (Phi) is 3.01. The number of anilines is 1. The zero-order valence-corrected chi connectivity index (χ0v) is 8.46. The van der Waals surface area contributed by atoms with Crippen LogP contribution in [0.2, 0.25) is 10.0 Å². The summed E-state index contributed by atoms with van der Waals surface area (Å²) in [5.74, 6) is 5.19. The molecular formula is C6H5BrCl2N2. The first-order valence-corrected chi connectivity index (χ1v) is 4.32. The van der Waals surface area contributed by atoms with Gasteiger partial charge in [0.05, 0.1) is 20.2 Å². The van der Waals surface area contributed by atoms with Crippen molar-refractivity contribution in [1.29, 1.82) is 0 Å². The number of benzene rings is 1. The molecule has 0 radical (unpaired) electrons. The third-order valence-corrected chi connectivity index (χ3v) is 3.05. The van der Waals surface area contributed by atoms with E-state index in [0.29, 0.717) is 20.2 Å². The molecule has 0 saturated carbocycles. The maximum atomic E-state index is 5.79. The van der Waals surface area contributed by atoms with Crippen molar-refractivity contribution < 1.29 is 0 Å². The minimum atomic E-state index is 0.460. The molecule has 11 heavy (non-hydrogen) atoms. The highest BCUT2D eigenvalue weighted by Crippen LogP contribution is 2.35. The van der Waals surface area contributed by atoms with Crippen LogP contribution in [0.25, 0.3) is 0 Å². The molecule has 0 amide bonds. The van der Waals surface area contributed by atoms with E-state index in [4.69, 9.17) is 29.0 Å². The van der Waals surface area contributed by atoms with Crippen LogP contribution in [0.15, 0.2) is 16.6 Å². The molecule has 0 aliphatic rings. The highest BCUT2D eigenvalue weighted by molar-refractivity contribution is 9.10. The van der Waals surface area contributed by atoms with Crippen molar-refractivity contribution in [2.45, 2.75) is 0 Å². The van der Waals surface area contributed by atoms with Gasteiger partial charge in [0, 0.05) is 0 Å². The van der Waals surface area contributed by atoms with Gasteiger partial charge in [-0.25, -0.2) is 0 Å². The maximum absolute atomic E-state index is 5.79. The van der Waals surface area contributed by atoms with Crippen molar-refractivity contribution >= 4 is 44.8 Å². The van der Waals surface area contributed by atoms with Gasteiger partial charge in [-0.15, -0.1) is 0 Å². The number of hydrazine groups is 1. The molecule has 1 rings (SSSR count). The molecule has 2 nitrogen and oxygen atoms in total. The molecule has 0 aliphatic heterocycles. The van der Waals surface area contributed by atoms with Gasteiger partial charge in [0.25, 0.3) is 0 Å². The molecule has 60 valence electrons. The summed E-state index contributed by atoms with van der Waals surface area (Å²) in [6, 6.07) is 3.40. The van der Waals surface area contributed by atoms with Crippen LogP contribution in [0.4, 0.5) is 5.69 Å². The summed E-state index contributed by atoms with van der Waals surface area (Å²) in [7, 11) is 0. The van der Waals surface area contributed by atoms with Gasteiger partial charge in [-0.1, -0.05) is 23.2 Å². The molecule has 0 heterocycles. The fourth-order valence-corrected chi connectivity index (χ4v) is 1.53. The van der Waals surface area contributed by atoms with Crippen LogP contribution in [0.1, 0.15) is 0 Å². The lowest BCUT2D eigenvalue weighted by atomic mass is 10.3. The van der Waals surface area contributed by atoms with Crippen molar-refractivity contribution in [2.75, 3.05) is 5.43 Å². The number of nitrogen functional groups attached to an aromatic ring is 1. The van der Waals surface area contributed by atoms with E-state index >= 15 is 0 Å². The topological polar surface area (TPSA) is 38.0 Å². The van der Waals surface area contributed by atoms with E-state index in [0.717, 1.165) is 0 Å². The quantitative estimate of drug-likeness (QED) is 0.460. The molecule has 0 unspecified atom stereocenters. The fourth-order valence-electron chi connectivity index (χ4n) is 0.637. The van der Waals surface area contributed by atoms with E-state index in [1.165, 1.54) is 0 Å². The SMILES string of the molecule is NNc1ccc(Cl)c(Cl)c1Br. The van der Waals surface area contributed by atoms with Crippen LogP contribution < -0.4 is 11.3 Å². The molecule has 0 bridgehead atoms. The van der Waals surface area contributed by atoms with Crippen LogP contribution in [0.5, 0.6) is 0 Å². The van der Waals surface area contributed by atoms with Crippen molar-refractivity contribution in [3.8, 4) is 0 Å². The van der Waals surface area contributed by atoms with E-state index in [9.17, 15) is 0 Å². The third kappa shape index (κ3) is 1.79. The van der Waals surface area contributed by atoms with Gasteiger partial charge in [-0.2, -0.15) is 0 Å². The van der Waals surface area contributed by atoms with Crippen LogP contribution in [-0.2, 0) is 0 Å². The Hall–Kier alpha value is 0.0400. The Labute approximate surface area is 82.8 Å². The fraction of sp³-hybridized carbons (Fsp3) is 0. The van der Waals surface area contributed by atoms with Gasteiger partial charge in [0.15, 0.2) is 0 Å². The number of halogens is 3. The van der Waals surface area contributed by atoms with Gasteiger partial charge in [-0.3, -0.25) is 5.84 Å². The standard InChI is InChI=1S/C6H5BrCl2N2/c7-5-4(11-10)2-1-3(8)6(5)9/h1-2,11H,10H2. The molecule has 3 N–H and O–H groups in total. The first kappa shape index (κ1) is 9.13. The number of hydrogen-bond acceptors (Lipinski definition) is 2. The molecule has 0 saturated heterocycles. The Morgan fingerprint density at radius 1 is 1.36 bits per heavy atom. The Balaban J connectivity index is 3.25. The number of nitrogens with one attached hydrogen (secondary N) is 1. The summed E-state index contributed by atoms with van der Waals surface area (Å²) < 4.78 is 0.675. The van der Waals surface area contributed by atoms with E-state index in [2.05, 4.69) is 21.4 Å². The maximum Gasteiger partial charge on any atom is 0.0755 e. The molecule has 1 aromatic rings. The van der Waals surface area contributed by atoms with Crippen molar-refractivity contribution in [2.24, 2.45) is 5.84 Å². The second-order valence-electron chi connectivity index (χ2n) is 1.87. The predicted octanol–water partition coefficient (Wildman–Crippen LogP) is 3.04. The Morgan fingerprint density at radius 3 is 2.55 bits per heavy atom. The van der Waals surface area contributed by atoms with Crippen LogP contribution in [0, 0.1) is 0 Å². The van der Waals surface area contributed by atoms with E-state index in [1.54, 1.807) is 12.1 Å². The van der Waals surface area contributed by atoms with Gasteiger partial charge in [0.1, 0.15) is 0 Å². The van der Waals surface area contributed by atoms with Crippen molar-refractivity contribution in [1.82, 2.24) is 0 Å². The lowest BCUT2D eigenvalue weighted by molar-refractivity contribution is 1.34. The first-order chi connectivity index (χ1) is 5.16. The van der Waals surface area contributed by atoms with Crippen molar-refractivity contribution in [3.05, 3.63) is 26.7 Å². The Morgan fingerprint density at radius 2 is 2.00 bits per heavy atom. The largest absolute Gasteiger partial charge is 0.323 e. The molecule has 1 aromatic carbocycles. The summed E-state index contributed by atoms with van der Waals surface area (Å²) in [5, 5.41) is 0.958. The number of rotatable bonds is 1.